The molecule has 1 saturated heterocycles. The lowest BCUT2D eigenvalue weighted by molar-refractivity contribution is -0.123. The smallest absolute Gasteiger partial charge is 0.238 e. The Morgan fingerprint density at radius 1 is 1.19 bits per heavy atom. The number of hydrogen-bond acceptors (Lipinski definition) is 4. The van der Waals surface area contributed by atoms with Crippen molar-refractivity contribution in [3.05, 3.63) is 65.7 Å². The summed E-state index contributed by atoms with van der Waals surface area (Å²) >= 11 is 0. The molecule has 3 rings (SSSR count). The normalized spacial score (nSPS) is 19.0. The van der Waals surface area contributed by atoms with E-state index in [0.717, 1.165) is 24.9 Å². The minimum Gasteiger partial charge on any atom is -0.348 e. The van der Waals surface area contributed by atoms with Crippen LogP contribution in [-0.4, -0.2) is 32.3 Å². The van der Waals surface area contributed by atoms with Gasteiger partial charge in [-0.25, -0.2) is 13.6 Å². The van der Waals surface area contributed by atoms with Crippen LogP contribution in [0.5, 0.6) is 0 Å². The summed E-state index contributed by atoms with van der Waals surface area (Å²) in [7, 11) is -3.71. The summed E-state index contributed by atoms with van der Waals surface area (Å²) in [4.78, 5) is 14.8. The standard InChI is InChI=1S/C20H25N3O3S/c1-15(16-9-11-18(12-10-16)27(21,25)26)22-20(24)14-23-13-5-8-19(23)17-6-3-2-4-7-17/h2-4,6-7,9-12,15,19H,5,8,13-14H2,1H3,(H,22,24)(H2,21,25,26)/t15-,19+/m0/s1. The lowest BCUT2D eigenvalue weighted by Crippen LogP contribution is -2.38. The van der Waals surface area contributed by atoms with Crippen LogP contribution in [0.25, 0.3) is 0 Å². The molecule has 2 aromatic rings. The zero-order valence-electron chi connectivity index (χ0n) is 15.3. The molecule has 1 fully saturated rings. The molecule has 0 saturated carbocycles. The number of carbonyl (C=O) groups is 1. The first-order chi connectivity index (χ1) is 12.8. The van der Waals surface area contributed by atoms with Crippen molar-refractivity contribution < 1.29 is 13.2 Å². The van der Waals surface area contributed by atoms with Crippen molar-refractivity contribution in [1.82, 2.24) is 10.2 Å². The molecule has 6 nitrogen and oxygen atoms in total. The minimum absolute atomic E-state index is 0.0409. The van der Waals surface area contributed by atoms with E-state index >= 15 is 0 Å². The van der Waals surface area contributed by atoms with Gasteiger partial charge in [-0.05, 0) is 49.6 Å². The predicted octanol–water partition coefficient (Wildman–Crippen LogP) is 2.35. The summed E-state index contributed by atoms with van der Waals surface area (Å²) < 4.78 is 22.7. The van der Waals surface area contributed by atoms with Crippen molar-refractivity contribution in [3.63, 3.8) is 0 Å². The number of nitrogens with zero attached hydrogens (tertiary/aromatic N) is 1. The van der Waals surface area contributed by atoms with Crippen LogP contribution in [-0.2, 0) is 14.8 Å². The molecule has 2 aromatic carbocycles. The highest BCUT2D eigenvalue weighted by atomic mass is 32.2. The number of amides is 1. The third kappa shape index (κ3) is 4.94. The highest BCUT2D eigenvalue weighted by Crippen LogP contribution is 2.31. The third-order valence-corrected chi connectivity index (χ3v) is 5.91. The average Bonchev–Trinajstić information content (AvgIpc) is 3.09. The van der Waals surface area contributed by atoms with Crippen LogP contribution in [0.3, 0.4) is 0 Å². The van der Waals surface area contributed by atoms with Gasteiger partial charge in [-0.3, -0.25) is 9.69 Å². The first-order valence-corrected chi connectivity index (χ1v) is 10.6. The van der Waals surface area contributed by atoms with Gasteiger partial charge >= 0.3 is 0 Å². The van der Waals surface area contributed by atoms with Gasteiger partial charge in [0.1, 0.15) is 0 Å². The molecule has 1 amide bonds. The summed E-state index contributed by atoms with van der Waals surface area (Å²) in [5, 5.41) is 8.10. The highest BCUT2D eigenvalue weighted by molar-refractivity contribution is 7.89. The minimum atomic E-state index is -3.71. The lowest BCUT2D eigenvalue weighted by atomic mass is 10.0. The molecule has 3 N–H and O–H groups in total. The second-order valence-corrected chi connectivity index (χ2v) is 8.50. The number of likely N-dealkylation sites (tertiary alicyclic amines) is 1. The second-order valence-electron chi connectivity index (χ2n) is 6.94. The third-order valence-electron chi connectivity index (χ3n) is 4.98. The van der Waals surface area contributed by atoms with Crippen LogP contribution in [0.2, 0.25) is 0 Å². The summed E-state index contributed by atoms with van der Waals surface area (Å²) in [5.41, 5.74) is 2.08. The quantitative estimate of drug-likeness (QED) is 0.796. The van der Waals surface area contributed by atoms with Crippen molar-refractivity contribution in [2.75, 3.05) is 13.1 Å². The molecule has 144 valence electrons. The SMILES string of the molecule is C[C@H](NC(=O)CN1CCC[C@@H]1c1ccccc1)c1ccc(S(N)(=O)=O)cc1. The molecule has 0 aromatic heterocycles. The number of nitrogens with two attached hydrogens (primary N) is 1. The summed E-state index contributed by atoms with van der Waals surface area (Å²) in [6.45, 7) is 3.13. The molecule has 0 unspecified atom stereocenters. The molecule has 7 heteroatoms. The Hall–Kier alpha value is -2.22. The largest absolute Gasteiger partial charge is 0.348 e. The monoisotopic (exact) mass is 387 g/mol. The van der Waals surface area contributed by atoms with Crippen LogP contribution < -0.4 is 10.5 Å². The van der Waals surface area contributed by atoms with Crippen molar-refractivity contribution in [1.29, 1.82) is 0 Å². The summed E-state index contributed by atoms with van der Waals surface area (Å²) in [6.07, 6.45) is 2.14. The number of primary sulfonamides is 1. The number of hydrogen-bond donors (Lipinski definition) is 2. The van der Waals surface area contributed by atoms with E-state index in [1.165, 1.54) is 17.7 Å². The Bertz CT molecular complexity index is 882. The van der Waals surface area contributed by atoms with E-state index in [0.29, 0.717) is 6.54 Å². The molecule has 0 bridgehead atoms. The molecule has 27 heavy (non-hydrogen) atoms. The van der Waals surface area contributed by atoms with Crippen LogP contribution in [0.4, 0.5) is 0 Å². The van der Waals surface area contributed by atoms with Gasteiger partial charge in [0.25, 0.3) is 0 Å². The zero-order valence-corrected chi connectivity index (χ0v) is 16.2. The number of nitrogens with one attached hydrogen (secondary N) is 1. The van der Waals surface area contributed by atoms with E-state index < -0.39 is 10.0 Å². The maximum absolute atomic E-state index is 12.5. The van der Waals surface area contributed by atoms with Gasteiger partial charge in [-0.1, -0.05) is 42.5 Å². The van der Waals surface area contributed by atoms with Crippen LogP contribution >= 0.6 is 0 Å². The van der Waals surface area contributed by atoms with Gasteiger partial charge in [0.2, 0.25) is 15.9 Å². The van der Waals surface area contributed by atoms with Crippen molar-refractivity contribution >= 4 is 15.9 Å². The molecular formula is C20H25N3O3S. The van der Waals surface area contributed by atoms with Gasteiger partial charge < -0.3 is 5.32 Å². The van der Waals surface area contributed by atoms with Crippen LogP contribution in [0, 0.1) is 0 Å². The van der Waals surface area contributed by atoms with Gasteiger partial charge in [0.05, 0.1) is 17.5 Å². The number of carbonyl (C=O) groups excluding carboxylic acids is 1. The number of rotatable bonds is 6. The van der Waals surface area contributed by atoms with Gasteiger partial charge in [0, 0.05) is 6.04 Å². The van der Waals surface area contributed by atoms with E-state index in [9.17, 15) is 13.2 Å². The van der Waals surface area contributed by atoms with Gasteiger partial charge in [0.15, 0.2) is 0 Å². The summed E-state index contributed by atoms with van der Waals surface area (Å²) in [6, 6.07) is 16.6. The Morgan fingerprint density at radius 3 is 2.48 bits per heavy atom. The average molecular weight is 388 g/mol. The molecule has 1 aliphatic rings. The topological polar surface area (TPSA) is 92.5 Å². The van der Waals surface area contributed by atoms with Gasteiger partial charge in [-0.2, -0.15) is 0 Å². The van der Waals surface area contributed by atoms with Crippen molar-refractivity contribution in [3.8, 4) is 0 Å². The Morgan fingerprint density at radius 2 is 1.85 bits per heavy atom. The molecule has 1 heterocycles. The number of sulfonamides is 1. The fourth-order valence-corrected chi connectivity index (χ4v) is 4.08. The maximum atomic E-state index is 12.5. The fraction of sp³-hybridized carbons (Fsp3) is 0.350. The zero-order chi connectivity index (χ0) is 19.4. The van der Waals surface area contributed by atoms with E-state index in [2.05, 4.69) is 22.3 Å². The molecule has 0 radical (unpaired) electrons. The van der Waals surface area contributed by atoms with Crippen LogP contribution in [0.1, 0.15) is 43.0 Å². The van der Waals surface area contributed by atoms with E-state index in [1.54, 1.807) is 12.1 Å². The summed E-state index contributed by atoms with van der Waals surface area (Å²) in [5.74, 6) is -0.0409. The Balaban J connectivity index is 1.60. The highest BCUT2D eigenvalue weighted by Gasteiger charge is 2.27. The van der Waals surface area contributed by atoms with E-state index in [1.807, 2.05) is 25.1 Å². The van der Waals surface area contributed by atoms with Crippen molar-refractivity contribution in [2.24, 2.45) is 5.14 Å². The maximum Gasteiger partial charge on any atom is 0.238 e. The number of benzene rings is 2. The van der Waals surface area contributed by atoms with E-state index in [4.69, 9.17) is 5.14 Å². The molecule has 1 aliphatic heterocycles. The Labute approximate surface area is 160 Å². The lowest BCUT2D eigenvalue weighted by Gasteiger charge is -2.25. The van der Waals surface area contributed by atoms with Crippen molar-refractivity contribution in [2.45, 2.75) is 36.7 Å². The molecule has 2 atom stereocenters. The molecular weight excluding hydrogens is 362 g/mol. The van der Waals surface area contributed by atoms with Gasteiger partial charge in [-0.15, -0.1) is 0 Å². The molecule has 0 spiro atoms. The fourth-order valence-electron chi connectivity index (χ4n) is 3.57. The van der Waals surface area contributed by atoms with E-state index in [-0.39, 0.29) is 22.9 Å². The first-order valence-electron chi connectivity index (χ1n) is 9.06. The first kappa shape index (κ1) is 19.5. The molecule has 0 aliphatic carbocycles. The Kier molecular flexibility index (Phi) is 5.94. The predicted molar refractivity (Wildman–Crippen MR) is 104 cm³/mol. The van der Waals surface area contributed by atoms with Crippen LogP contribution in [0.15, 0.2) is 59.5 Å². The second kappa shape index (κ2) is 8.21.